The van der Waals surface area contributed by atoms with Gasteiger partial charge >= 0.3 is 12.2 Å². The number of nitriles is 1. The first-order valence-corrected chi connectivity index (χ1v) is 17.0. The molecule has 1 atom stereocenters. The Hall–Kier alpha value is -4.41. The van der Waals surface area contributed by atoms with Crippen LogP contribution in [0.25, 0.3) is 10.8 Å². The number of fused-ring (bicyclic) bond motifs is 2. The van der Waals surface area contributed by atoms with Gasteiger partial charge in [0, 0.05) is 69.0 Å². The van der Waals surface area contributed by atoms with Gasteiger partial charge in [-0.05, 0) is 49.9 Å². The van der Waals surface area contributed by atoms with Gasteiger partial charge in [-0.25, -0.2) is 0 Å². The van der Waals surface area contributed by atoms with Crippen LogP contribution in [0.5, 0.6) is 6.01 Å². The highest BCUT2D eigenvalue weighted by Crippen LogP contribution is 2.43. The van der Waals surface area contributed by atoms with E-state index in [1.54, 1.807) is 29.2 Å². The Bertz CT molecular complexity index is 1780. The molecular weight excluding hydrogens is 633 g/mol. The second kappa shape index (κ2) is 13.1. The van der Waals surface area contributed by atoms with Crippen molar-refractivity contribution in [1.82, 2.24) is 24.7 Å². The van der Waals surface area contributed by atoms with E-state index in [9.17, 15) is 23.2 Å². The van der Waals surface area contributed by atoms with Crippen molar-refractivity contribution in [3.05, 3.63) is 65.9 Å². The van der Waals surface area contributed by atoms with E-state index in [-0.39, 0.29) is 41.9 Å². The molecule has 7 rings (SSSR count). The monoisotopic (exact) mass is 674 g/mol. The van der Waals surface area contributed by atoms with Gasteiger partial charge in [-0.1, -0.05) is 30.8 Å². The third kappa shape index (κ3) is 6.51. The predicted molar refractivity (Wildman–Crippen MR) is 180 cm³/mol. The van der Waals surface area contributed by atoms with E-state index in [4.69, 9.17) is 14.7 Å². The average molecular weight is 675 g/mol. The third-order valence-electron chi connectivity index (χ3n) is 10.6. The number of hydrogen-bond donors (Lipinski definition) is 0. The molecule has 49 heavy (non-hydrogen) atoms. The highest BCUT2D eigenvalue weighted by Gasteiger charge is 2.49. The van der Waals surface area contributed by atoms with E-state index in [2.05, 4.69) is 34.4 Å². The molecule has 1 saturated carbocycles. The second-order valence-electron chi connectivity index (χ2n) is 13.6. The molecular formula is C36H41F3N8O2. The summed E-state index contributed by atoms with van der Waals surface area (Å²) < 4.78 is 49.1. The Morgan fingerprint density at radius 3 is 2.51 bits per heavy atom. The summed E-state index contributed by atoms with van der Waals surface area (Å²) in [4.78, 5) is 33.1. The Labute approximate surface area is 284 Å². The molecule has 1 amide bonds. The lowest BCUT2D eigenvalue weighted by atomic mass is 9.98. The van der Waals surface area contributed by atoms with Gasteiger partial charge in [0.05, 0.1) is 41.9 Å². The molecule has 3 aliphatic heterocycles. The number of amides is 1. The molecule has 1 aromatic heterocycles. The standard InChI is InChI=1S/C36H41F3N8O2/c1-3-31(48)47-21-18-45(22-26(47)10-14-40)33-27-11-15-44(30-9-5-7-25-6-4-8-28(32(25)30)36(37,38)39)23-29(27)41-34(42-33)49-24-35(12-13-35)46-19-16-43(2)17-20-46/h3-9,26H,1,10-13,15-24H2,2H3/t26-/m0/s1. The molecule has 13 heteroatoms. The number of rotatable bonds is 8. The smallest absolute Gasteiger partial charge is 0.417 e. The topological polar surface area (TPSA) is 92.1 Å². The van der Waals surface area contributed by atoms with Crippen LogP contribution in [-0.4, -0.2) is 108 Å². The number of hydrogen-bond acceptors (Lipinski definition) is 9. The van der Waals surface area contributed by atoms with Crippen LogP contribution in [-0.2, 0) is 23.9 Å². The number of benzene rings is 2. The zero-order valence-corrected chi connectivity index (χ0v) is 27.8. The quantitative estimate of drug-likeness (QED) is 0.321. The van der Waals surface area contributed by atoms with Crippen LogP contribution in [0, 0.1) is 11.3 Å². The summed E-state index contributed by atoms with van der Waals surface area (Å²) in [6.45, 7) is 10.1. The number of carbonyl (C=O) groups is 1. The molecule has 0 N–H and O–H groups in total. The number of ether oxygens (including phenoxy) is 1. The highest BCUT2D eigenvalue weighted by atomic mass is 19.4. The van der Waals surface area contributed by atoms with Gasteiger partial charge in [0.25, 0.3) is 0 Å². The Balaban J connectivity index is 1.23. The van der Waals surface area contributed by atoms with Crippen molar-refractivity contribution in [3.8, 4) is 12.1 Å². The molecule has 2 saturated heterocycles. The maximum Gasteiger partial charge on any atom is 0.417 e. The first-order valence-electron chi connectivity index (χ1n) is 17.0. The minimum Gasteiger partial charge on any atom is -0.461 e. The molecule has 258 valence electrons. The lowest BCUT2D eigenvalue weighted by molar-refractivity contribution is -0.136. The van der Waals surface area contributed by atoms with Gasteiger partial charge in [-0.15, -0.1) is 0 Å². The average Bonchev–Trinajstić information content (AvgIpc) is 3.90. The van der Waals surface area contributed by atoms with Crippen molar-refractivity contribution in [3.63, 3.8) is 0 Å². The summed E-state index contributed by atoms with van der Waals surface area (Å²) in [5.41, 5.74) is 1.43. The SMILES string of the molecule is C=CC(=O)N1CCN(c2nc(OCC3(N4CCN(C)CC4)CC3)nc3c2CCN(c2cccc4cccc(C(F)(F)F)c24)C3)C[C@@H]1CC#N. The van der Waals surface area contributed by atoms with Crippen LogP contribution in [0.15, 0.2) is 49.1 Å². The molecule has 4 aliphatic rings. The van der Waals surface area contributed by atoms with Gasteiger partial charge in [-0.3, -0.25) is 9.69 Å². The largest absolute Gasteiger partial charge is 0.461 e. The fraction of sp³-hybridized carbons (Fsp3) is 0.500. The lowest BCUT2D eigenvalue weighted by Gasteiger charge is -2.42. The Kier molecular flexibility index (Phi) is 8.87. The van der Waals surface area contributed by atoms with Crippen LogP contribution in [0.1, 0.15) is 36.1 Å². The molecule has 10 nitrogen and oxygen atoms in total. The molecule has 3 fully saturated rings. The molecule has 4 heterocycles. The van der Waals surface area contributed by atoms with Crippen LogP contribution < -0.4 is 14.5 Å². The number of aromatic nitrogens is 2. The Morgan fingerprint density at radius 1 is 1.06 bits per heavy atom. The molecule has 2 aromatic carbocycles. The van der Waals surface area contributed by atoms with Crippen LogP contribution in [0.4, 0.5) is 24.7 Å². The second-order valence-corrected chi connectivity index (χ2v) is 13.6. The van der Waals surface area contributed by atoms with Crippen LogP contribution >= 0.6 is 0 Å². The summed E-state index contributed by atoms with van der Waals surface area (Å²) in [5.74, 6) is 0.489. The maximum atomic E-state index is 14.2. The van der Waals surface area contributed by atoms with Crippen molar-refractivity contribution in [1.29, 1.82) is 5.26 Å². The predicted octanol–water partition coefficient (Wildman–Crippen LogP) is 4.49. The minimum absolute atomic E-state index is 0.0434. The first-order chi connectivity index (χ1) is 23.6. The zero-order valence-electron chi connectivity index (χ0n) is 27.8. The Morgan fingerprint density at radius 2 is 1.82 bits per heavy atom. The zero-order chi connectivity index (χ0) is 34.3. The normalized spacial score (nSPS) is 21.3. The molecule has 0 spiro atoms. The molecule has 0 unspecified atom stereocenters. The van der Waals surface area contributed by atoms with E-state index in [1.165, 1.54) is 12.1 Å². The fourth-order valence-electron chi connectivity index (χ4n) is 7.65. The minimum atomic E-state index is -4.50. The van der Waals surface area contributed by atoms with Gasteiger partial charge in [0.1, 0.15) is 12.4 Å². The fourth-order valence-corrected chi connectivity index (χ4v) is 7.65. The number of nitrogens with zero attached hydrogens (tertiary/aromatic N) is 8. The summed E-state index contributed by atoms with van der Waals surface area (Å²) in [7, 11) is 2.13. The van der Waals surface area contributed by atoms with Crippen molar-refractivity contribution in [2.75, 3.05) is 75.8 Å². The van der Waals surface area contributed by atoms with Crippen molar-refractivity contribution < 1.29 is 22.7 Å². The van der Waals surface area contributed by atoms with E-state index in [0.717, 1.165) is 50.7 Å². The lowest BCUT2D eigenvalue weighted by Crippen LogP contribution is -2.55. The third-order valence-corrected chi connectivity index (χ3v) is 10.6. The van der Waals surface area contributed by atoms with Gasteiger partial charge in [-0.2, -0.15) is 28.4 Å². The van der Waals surface area contributed by atoms with Gasteiger partial charge < -0.3 is 24.3 Å². The maximum absolute atomic E-state index is 14.2. The molecule has 0 bridgehead atoms. The van der Waals surface area contributed by atoms with E-state index >= 15 is 0 Å². The number of likely N-dealkylation sites (N-methyl/N-ethyl adjacent to an activating group) is 1. The number of piperazine rings is 2. The number of anilines is 2. The van der Waals surface area contributed by atoms with E-state index in [0.29, 0.717) is 61.8 Å². The number of halogens is 3. The summed E-state index contributed by atoms with van der Waals surface area (Å²) in [6.07, 6.45) is -0.470. The van der Waals surface area contributed by atoms with E-state index < -0.39 is 11.7 Å². The number of alkyl halides is 3. The first kappa shape index (κ1) is 33.1. The molecule has 3 aromatic rings. The van der Waals surface area contributed by atoms with Crippen molar-refractivity contribution in [2.45, 2.75) is 50.0 Å². The van der Waals surface area contributed by atoms with Crippen molar-refractivity contribution >= 4 is 28.2 Å². The number of carbonyl (C=O) groups excluding carboxylic acids is 1. The van der Waals surface area contributed by atoms with Gasteiger partial charge in [0.2, 0.25) is 5.91 Å². The van der Waals surface area contributed by atoms with E-state index in [1.807, 2.05) is 4.90 Å². The molecule has 1 aliphatic carbocycles. The van der Waals surface area contributed by atoms with Gasteiger partial charge in [0.15, 0.2) is 0 Å². The van der Waals surface area contributed by atoms with Crippen LogP contribution in [0.3, 0.4) is 0 Å². The summed E-state index contributed by atoms with van der Waals surface area (Å²) in [6, 6.07) is 11.7. The summed E-state index contributed by atoms with van der Waals surface area (Å²) >= 11 is 0. The van der Waals surface area contributed by atoms with Crippen molar-refractivity contribution in [2.24, 2.45) is 0 Å². The molecule has 0 radical (unpaired) electrons. The van der Waals surface area contributed by atoms with Crippen LogP contribution in [0.2, 0.25) is 0 Å². The highest BCUT2D eigenvalue weighted by molar-refractivity contribution is 5.97. The summed E-state index contributed by atoms with van der Waals surface area (Å²) in [5, 5.41) is 10.3.